The molecular weight excluding hydrogens is 270 g/mol. The highest BCUT2D eigenvalue weighted by Gasteiger charge is 2.11. The largest absolute Gasteiger partial charge is 0.480 e. The summed E-state index contributed by atoms with van der Waals surface area (Å²) in [6, 6.07) is -0.502. The average Bonchev–Trinajstić information content (AvgIpc) is 2.75. The Bertz CT molecular complexity index is 435. The Morgan fingerprint density at radius 1 is 1.58 bits per heavy atom. The van der Waals surface area contributed by atoms with Gasteiger partial charge in [0.25, 0.3) is 0 Å². The van der Waals surface area contributed by atoms with Gasteiger partial charge in [-0.3, -0.25) is 0 Å². The summed E-state index contributed by atoms with van der Waals surface area (Å²) >= 11 is 1.49. The van der Waals surface area contributed by atoms with Gasteiger partial charge in [0.05, 0.1) is 12.6 Å². The van der Waals surface area contributed by atoms with E-state index in [4.69, 9.17) is 9.84 Å². The number of hydrogen-bond acceptors (Lipinski definition) is 5. The molecule has 1 atom stereocenters. The molecule has 0 fully saturated rings. The van der Waals surface area contributed by atoms with Crippen molar-refractivity contribution in [3.63, 3.8) is 0 Å². The Hall–Kier alpha value is -1.67. The van der Waals surface area contributed by atoms with Crippen molar-refractivity contribution >= 4 is 23.3 Å². The topological polar surface area (TPSA) is 101 Å². The van der Waals surface area contributed by atoms with Gasteiger partial charge < -0.3 is 20.5 Å². The molecule has 1 aromatic rings. The van der Waals surface area contributed by atoms with Crippen molar-refractivity contribution in [2.45, 2.75) is 19.9 Å². The minimum atomic E-state index is -1.03. The van der Waals surface area contributed by atoms with Crippen molar-refractivity contribution in [1.82, 2.24) is 15.6 Å². The van der Waals surface area contributed by atoms with Gasteiger partial charge in [-0.25, -0.2) is 14.6 Å². The fraction of sp³-hybridized carbons (Fsp3) is 0.545. The normalized spacial score (nSPS) is 11.9. The number of aliphatic carboxylic acids is 1. The summed E-state index contributed by atoms with van der Waals surface area (Å²) in [7, 11) is 0. The lowest BCUT2D eigenvalue weighted by molar-refractivity contribution is -0.142. The maximum absolute atomic E-state index is 11.5. The minimum absolute atomic E-state index is 0.157. The first-order chi connectivity index (χ1) is 8.99. The Kier molecular flexibility index (Phi) is 6.23. The van der Waals surface area contributed by atoms with Crippen LogP contribution in [0.5, 0.6) is 0 Å². The number of thiazole rings is 1. The van der Waals surface area contributed by atoms with Crippen LogP contribution in [0.15, 0.2) is 5.38 Å². The number of aromatic nitrogens is 1. The van der Waals surface area contributed by atoms with E-state index in [1.54, 1.807) is 0 Å². The monoisotopic (exact) mass is 287 g/mol. The average molecular weight is 287 g/mol. The molecule has 1 rings (SSSR count). The third-order valence-electron chi connectivity index (χ3n) is 2.11. The zero-order valence-corrected chi connectivity index (χ0v) is 11.6. The zero-order chi connectivity index (χ0) is 14.3. The molecule has 0 aliphatic rings. The van der Waals surface area contributed by atoms with Crippen LogP contribution in [0.4, 0.5) is 4.79 Å². The number of nitrogens with zero attached hydrogens (tertiary/aromatic N) is 1. The first kappa shape index (κ1) is 15.4. The van der Waals surface area contributed by atoms with Crippen molar-refractivity contribution in [1.29, 1.82) is 0 Å². The molecule has 0 spiro atoms. The van der Waals surface area contributed by atoms with E-state index in [2.05, 4.69) is 15.6 Å². The molecule has 0 bridgehead atoms. The lowest BCUT2D eigenvalue weighted by Gasteiger charge is -2.12. The number of carbonyl (C=O) groups is 2. The summed E-state index contributed by atoms with van der Waals surface area (Å²) in [5, 5.41) is 16.4. The molecule has 0 aromatic carbocycles. The molecule has 1 aromatic heterocycles. The lowest BCUT2D eigenvalue weighted by atomic mass is 10.3. The molecule has 0 radical (unpaired) electrons. The number of carboxylic acids is 1. The molecule has 1 unspecified atom stereocenters. The summed E-state index contributed by atoms with van der Waals surface area (Å²) in [5.41, 5.74) is 0.927. The Balaban J connectivity index is 2.18. The molecule has 3 N–H and O–H groups in total. The van der Waals surface area contributed by atoms with Gasteiger partial charge in [0, 0.05) is 17.6 Å². The van der Waals surface area contributed by atoms with E-state index in [0.29, 0.717) is 0 Å². The second-order valence-electron chi connectivity index (χ2n) is 3.90. The van der Waals surface area contributed by atoms with Gasteiger partial charge in [-0.15, -0.1) is 11.3 Å². The maximum atomic E-state index is 11.5. The summed E-state index contributed by atoms with van der Waals surface area (Å²) < 4.78 is 4.79. The first-order valence-corrected chi connectivity index (χ1v) is 6.63. The van der Waals surface area contributed by atoms with Crippen molar-refractivity contribution in [3.8, 4) is 0 Å². The molecule has 2 amide bonds. The summed E-state index contributed by atoms with van der Waals surface area (Å²) in [5.74, 6) is -1.03. The van der Waals surface area contributed by atoms with Crippen LogP contribution in [0.25, 0.3) is 0 Å². The molecule has 1 heterocycles. The van der Waals surface area contributed by atoms with Gasteiger partial charge in [0.2, 0.25) is 0 Å². The van der Waals surface area contributed by atoms with Crippen molar-refractivity contribution in [3.05, 3.63) is 16.1 Å². The Morgan fingerprint density at radius 2 is 2.32 bits per heavy atom. The van der Waals surface area contributed by atoms with Crippen LogP contribution in [0.1, 0.15) is 23.7 Å². The van der Waals surface area contributed by atoms with E-state index in [1.165, 1.54) is 11.3 Å². The fourth-order valence-corrected chi connectivity index (χ4v) is 2.08. The smallest absolute Gasteiger partial charge is 0.329 e. The number of hydrogen-bond donors (Lipinski definition) is 3. The molecule has 0 saturated carbocycles. The second kappa shape index (κ2) is 7.70. The molecule has 106 valence electrons. The molecule has 8 heteroatoms. The second-order valence-corrected chi connectivity index (χ2v) is 4.79. The molecule has 7 nitrogen and oxygen atoms in total. The lowest BCUT2D eigenvalue weighted by Crippen LogP contribution is -2.38. The van der Waals surface area contributed by atoms with Crippen LogP contribution in [0, 0.1) is 6.92 Å². The summed E-state index contributed by atoms with van der Waals surface area (Å²) in [6.07, 6.45) is 0. The standard InChI is InChI=1S/C11H17N3O4S/c1-7-6-19-10(13-7)8(2)14-11(17)12-3-4-18-5-9(15)16/h6,8H,3-5H2,1-2H3,(H,15,16)(H2,12,14,17). The highest BCUT2D eigenvalue weighted by molar-refractivity contribution is 7.09. The van der Waals surface area contributed by atoms with Gasteiger partial charge in [-0.05, 0) is 13.8 Å². The van der Waals surface area contributed by atoms with Crippen LogP contribution in [0.2, 0.25) is 0 Å². The van der Waals surface area contributed by atoms with E-state index >= 15 is 0 Å². The predicted octanol–water partition coefficient (Wildman–Crippen LogP) is 0.913. The van der Waals surface area contributed by atoms with Crippen LogP contribution < -0.4 is 10.6 Å². The first-order valence-electron chi connectivity index (χ1n) is 5.75. The van der Waals surface area contributed by atoms with Crippen LogP contribution in [-0.2, 0) is 9.53 Å². The zero-order valence-electron chi connectivity index (χ0n) is 10.8. The predicted molar refractivity (Wildman–Crippen MR) is 70.3 cm³/mol. The van der Waals surface area contributed by atoms with Gasteiger partial charge >= 0.3 is 12.0 Å². The highest BCUT2D eigenvalue weighted by Crippen LogP contribution is 2.16. The van der Waals surface area contributed by atoms with E-state index in [9.17, 15) is 9.59 Å². The van der Waals surface area contributed by atoms with Gasteiger partial charge in [0.1, 0.15) is 11.6 Å². The molecule has 0 saturated heterocycles. The quantitative estimate of drug-likeness (QED) is 0.647. The number of carboxylic acid groups (broad SMARTS) is 1. The molecule has 19 heavy (non-hydrogen) atoms. The highest BCUT2D eigenvalue weighted by atomic mass is 32.1. The van der Waals surface area contributed by atoms with Crippen molar-refractivity contribution < 1.29 is 19.4 Å². The van der Waals surface area contributed by atoms with E-state index in [1.807, 2.05) is 19.2 Å². The van der Waals surface area contributed by atoms with Crippen molar-refractivity contribution in [2.24, 2.45) is 0 Å². The Morgan fingerprint density at radius 3 is 2.89 bits per heavy atom. The number of amides is 2. The summed E-state index contributed by atoms with van der Waals surface area (Å²) in [6.45, 7) is 3.79. The van der Waals surface area contributed by atoms with Gasteiger partial charge in [-0.1, -0.05) is 0 Å². The number of ether oxygens (including phenoxy) is 1. The van der Waals surface area contributed by atoms with E-state index in [0.717, 1.165) is 10.7 Å². The third-order valence-corrected chi connectivity index (χ3v) is 3.26. The van der Waals surface area contributed by atoms with Crippen LogP contribution in [0.3, 0.4) is 0 Å². The molecule has 0 aliphatic heterocycles. The van der Waals surface area contributed by atoms with Crippen LogP contribution >= 0.6 is 11.3 Å². The minimum Gasteiger partial charge on any atom is -0.480 e. The van der Waals surface area contributed by atoms with Gasteiger partial charge in [0.15, 0.2) is 0 Å². The third kappa shape index (κ3) is 6.16. The number of nitrogens with one attached hydrogen (secondary N) is 2. The van der Waals surface area contributed by atoms with E-state index < -0.39 is 5.97 Å². The van der Waals surface area contributed by atoms with Crippen LogP contribution in [-0.4, -0.2) is 41.8 Å². The number of rotatable bonds is 7. The summed E-state index contributed by atoms with van der Waals surface area (Å²) in [4.78, 5) is 26.0. The SMILES string of the molecule is Cc1csc(C(C)NC(=O)NCCOCC(=O)O)n1. The number of aryl methyl sites for hydroxylation is 1. The number of urea groups is 1. The maximum Gasteiger partial charge on any atom is 0.329 e. The van der Waals surface area contributed by atoms with Gasteiger partial charge in [-0.2, -0.15) is 0 Å². The number of carbonyl (C=O) groups excluding carboxylic acids is 1. The van der Waals surface area contributed by atoms with E-state index in [-0.39, 0.29) is 31.8 Å². The Labute approximate surface area is 115 Å². The fourth-order valence-electron chi connectivity index (χ4n) is 1.28. The molecular formula is C11H17N3O4S. The van der Waals surface area contributed by atoms with Crippen molar-refractivity contribution in [2.75, 3.05) is 19.8 Å². The molecule has 0 aliphatic carbocycles.